The number of hydrogen-bond acceptors (Lipinski definition) is 3. The molecule has 180 valence electrons. The Kier molecular flexibility index (Phi) is 7.14. The SMILES string of the molecule is CCOC(=O)N1CCN(C(=O)C[C@@H](c2ccc(F)cc2F)c2c[nH]c3c(CC)cccc23)CC1. The molecule has 1 aliphatic rings. The van der Waals surface area contributed by atoms with Crippen LogP contribution in [0.5, 0.6) is 0 Å². The molecule has 3 aromatic rings. The molecule has 0 aliphatic carbocycles. The Morgan fingerprint density at radius 2 is 1.76 bits per heavy atom. The zero-order valence-electron chi connectivity index (χ0n) is 19.4. The Labute approximate surface area is 197 Å². The number of aromatic amines is 1. The lowest BCUT2D eigenvalue weighted by atomic mass is 9.87. The van der Waals surface area contributed by atoms with Crippen LogP contribution in [-0.2, 0) is 16.0 Å². The zero-order chi connectivity index (χ0) is 24.2. The minimum atomic E-state index is -0.675. The quantitative estimate of drug-likeness (QED) is 0.562. The summed E-state index contributed by atoms with van der Waals surface area (Å²) in [6, 6.07) is 9.44. The maximum atomic E-state index is 14.9. The average Bonchev–Trinajstić information content (AvgIpc) is 3.27. The smallest absolute Gasteiger partial charge is 0.409 e. The summed E-state index contributed by atoms with van der Waals surface area (Å²) in [5.74, 6) is -2.06. The predicted octanol–water partition coefficient (Wildman–Crippen LogP) is 4.83. The largest absolute Gasteiger partial charge is 0.450 e. The number of hydrogen-bond donors (Lipinski definition) is 1. The van der Waals surface area contributed by atoms with Crippen LogP contribution in [0.1, 0.15) is 42.9 Å². The van der Waals surface area contributed by atoms with Gasteiger partial charge in [-0.1, -0.05) is 31.2 Å². The Morgan fingerprint density at radius 3 is 2.44 bits per heavy atom. The molecule has 4 rings (SSSR count). The minimum absolute atomic E-state index is 0.0330. The molecule has 0 spiro atoms. The Hall–Kier alpha value is -3.42. The van der Waals surface area contributed by atoms with Crippen molar-refractivity contribution >= 4 is 22.9 Å². The predicted molar refractivity (Wildman–Crippen MR) is 126 cm³/mol. The molecule has 2 amide bonds. The molecule has 1 fully saturated rings. The maximum absolute atomic E-state index is 14.9. The molecule has 1 N–H and O–H groups in total. The van der Waals surface area contributed by atoms with Crippen LogP contribution in [0.3, 0.4) is 0 Å². The highest BCUT2D eigenvalue weighted by Crippen LogP contribution is 2.36. The Morgan fingerprint density at radius 1 is 1.03 bits per heavy atom. The molecule has 0 unspecified atom stereocenters. The molecule has 2 aromatic carbocycles. The van der Waals surface area contributed by atoms with Crippen LogP contribution < -0.4 is 0 Å². The lowest BCUT2D eigenvalue weighted by molar-refractivity contribution is -0.133. The lowest BCUT2D eigenvalue weighted by Crippen LogP contribution is -2.51. The van der Waals surface area contributed by atoms with Gasteiger partial charge in [-0.2, -0.15) is 0 Å². The van der Waals surface area contributed by atoms with Crippen molar-refractivity contribution in [3.8, 4) is 0 Å². The van der Waals surface area contributed by atoms with Crippen molar-refractivity contribution in [2.75, 3.05) is 32.8 Å². The van der Waals surface area contributed by atoms with Gasteiger partial charge in [0.05, 0.1) is 6.61 Å². The molecular weight excluding hydrogens is 440 g/mol. The van der Waals surface area contributed by atoms with Crippen molar-refractivity contribution < 1.29 is 23.1 Å². The van der Waals surface area contributed by atoms with Crippen LogP contribution in [0, 0.1) is 11.6 Å². The number of piperazine rings is 1. The van der Waals surface area contributed by atoms with Gasteiger partial charge >= 0.3 is 6.09 Å². The van der Waals surface area contributed by atoms with Crippen LogP contribution in [0.2, 0.25) is 0 Å². The van der Waals surface area contributed by atoms with Crippen LogP contribution in [0.4, 0.5) is 13.6 Å². The number of benzene rings is 2. The van der Waals surface area contributed by atoms with E-state index in [1.54, 1.807) is 16.7 Å². The second-order valence-corrected chi connectivity index (χ2v) is 8.43. The molecule has 6 nitrogen and oxygen atoms in total. The molecule has 34 heavy (non-hydrogen) atoms. The third-order valence-electron chi connectivity index (χ3n) is 6.47. The molecule has 0 bridgehead atoms. The summed E-state index contributed by atoms with van der Waals surface area (Å²) < 4.78 is 33.6. The van der Waals surface area contributed by atoms with E-state index in [0.29, 0.717) is 32.8 Å². The van der Waals surface area contributed by atoms with E-state index in [1.165, 1.54) is 12.1 Å². The number of aryl methyl sites for hydroxylation is 1. The average molecular weight is 470 g/mol. The van der Waals surface area contributed by atoms with E-state index in [1.807, 2.05) is 24.4 Å². The molecule has 1 aromatic heterocycles. The molecule has 1 atom stereocenters. The van der Waals surface area contributed by atoms with Crippen molar-refractivity contribution in [3.63, 3.8) is 0 Å². The van der Waals surface area contributed by atoms with E-state index in [4.69, 9.17) is 4.74 Å². The van der Waals surface area contributed by atoms with Crippen molar-refractivity contribution in [1.29, 1.82) is 0 Å². The van der Waals surface area contributed by atoms with E-state index < -0.39 is 17.6 Å². The number of rotatable bonds is 6. The molecule has 1 aliphatic heterocycles. The van der Waals surface area contributed by atoms with Gasteiger partial charge in [-0.15, -0.1) is 0 Å². The fraction of sp³-hybridized carbons (Fsp3) is 0.385. The van der Waals surface area contributed by atoms with E-state index in [0.717, 1.165) is 34.5 Å². The summed E-state index contributed by atoms with van der Waals surface area (Å²) in [6.45, 7) is 5.63. The first kappa shape index (κ1) is 23.7. The topological polar surface area (TPSA) is 65.6 Å². The van der Waals surface area contributed by atoms with Crippen molar-refractivity contribution in [3.05, 3.63) is 70.9 Å². The van der Waals surface area contributed by atoms with Crippen molar-refractivity contribution in [2.45, 2.75) is 32.6 Å². The van der Waals surface area contributed by atoms with Gasteiger partial charge in [0.25, 0.3) is 0 Å². The molecular formula is C26H29F2N3O3. The molecule has 8 heteroatoms. The van der Waals surface area contributed by atoms with Crippen molar-refractivity contribution in [2.24, 2.45) is 0 Å². The van der Waals surface area contributed by atoms with Crippen LogP contribution in [-0.4, -0.2) is 59.6 Å². The number of halogens is 2. The monoisotopic (exact) mass is 469 g/mol. The zero-order valence-corrected chi connectivity index (χ0v) is 19.4. The summed E-state index contributed by atoms with van der Waals surface area (Å²) in [5.41, 5.74) is 3.17. The minimum Gasteiger partial charge on any atom is -0.450 e. The number of nitrogens with zero attached hydrogens (tertiary/aromatic N) is 2. The first-order chi connectivity index (χ1) is 16.4. The van der Waals surface area contributed by atoms with Crippen LogP contribution >= 0.6 is 0 Å². The molecule has 1 saturated heterocycles. The first-order valence-electron chi connectivity index (χ1n) is 11.7. The van der Waals surface area contributed by atoms with E-state index in [9.17, 15) is 18.4 Å². The van der Waals surface area contributed by atoms with Gasteiger partial charge in [-0.05, 0) is 36.1 Å². The molecule has 2 heterocycles. The fourth-order valence-corrected chi connectivity index (χ4v) is 4.65. The highest BCUT2D eigenvalue weighted by Gasteiger charge is 2.29. The van der Waals surface area contributed by atoms with Crippen LogP contribution in [0.15, 0.2) is 42.6 Å². The highest BCUT2D eigenvalue weighted by atomic mass is 19.1. The first-order valence-corrected chi connectivity index (χ1v) is 11.7. The third kappa shape index (κ3) is 4.76. The number of H-pyrrole nitrogens is 1. The summed E-state index contributed by atoms with van der Waals surface area (Å²) in [6.07, 6.45) is 2.30. The fourth-order valence-electron chi connectivity index (χ4n) is 4.65. The number of carbonyl (C=O) groups excluding carboxylic acids is 2. The summed E-state index contributed by atoms with van der Waals surface area (Å²) in [4.78, 5) is 31.8. The number of aromatic nitrogens is 1. The van der Waals surface area contributed by atoms with Gasteiger partial charge in [-0.3, -0.25) is 4.79 Å². The van der Waals surface area contributed by atoms with E-state index >= 15 is 0 Å². The number of para-hydroxylation sites is 1. The number of carbonyl (C=O) groups is 2. The number of amides is 2. The van der Waals surface area contributed by atoms with Gasteiger partial charge in [0.2, 0.25) is 5.91 Å². The maximum Gasteiger partial charge on any atom is 0.409 e. The number of ether oxygens (including phenoxy) is 1. The summed E-state index contributed by atoms with van der Waals surface area (Å²) >= 11 is 0. The van der Waals surface area contributed by atoms with Gasteiger partial charge in [0.15, 0.2) is 0 Å². The number of fused-ring (bicyclic) bond motifs is 1. The lowest BCUT2D eigenvalue weighted by Gasteiger charge is -2.34. The van der Waals surface area contributed by atoms with Gasteiger partial charge in [0.1, 0.15) is 11.6 Å². The number of nitrogens with one attached hydrogen (secondary N) is 1. The highest BCUT2D eigenvalue weighted by molar-refractivity contribution is 5.88. The second kappa shape index (κ2) is 10.2. The van der Waals surface area contributed by atoms with E-state index in [-0.39, 0.29) is 24.0 Å². The third-order valence-corrected chi connectivity index (χ3v) is 6.47. The van der Waals surface area contributed by atoms with Gasteiger partial charge in [0, 0.05) is 61.7 Å². The summed E-state index contributed by atoms with van der Waals surface area (Å²) in [7, 11) is 0. The normalized spacial score (nSPS) is 14.9. The standard InChI is InChI=1S/C26H29F2N3O3/c1-3-17-6-5-7-20-22(16-29-25(17)20)21(19-9-8-18(27)14-23(19)28)15-24(32)30-10-12-31(13-11-30)26(33)34-4-2/h5-9,14,16,21,29H,3-4,10-13,15H2,1-2H3/t21-/m0/s1. The Bertz CT molecular complexity index is 1190. The summed E-state index contributed by atoms with van der Waals surface area (Å²) in [5, 5.41) is 0.924. The molecule has 0 radical (unpaired) electrons. The van der Waals surface area contributed by atoms with Crippen molar-refractivity contribution in [1.82, 2.24) is 14.8 Å². The second-order valence-electron chi connectivity index (χ2n) is 8.43. The van der Waals surface area contributed by atoms with Gasteiger partial charge in [-0.25, -0.2) is 13.6 Å². The Balaban J connectivity index is 1.62. The van der Waals surface area contributed by atoms with Crippen LogP contribution in [0.25, 0.3) is 10.9 Å². The molecule has 0 saturated carbocycles. The van der Waals surface area contributed by atoms with E-state index in [2.05, 4.69) is 11.9 Å². The van der Waals surface area contributed by atoms with Gasteiger partial charge < -0.3 is 19.5 Å².